The summed E-state index contributed by atoms with van der Waals surface area (Å²) in [6.45, 7) is 4.48. The molecule has 2 heterocycles. The Hall–Kier alpha value is -4.14. The number of alkyl halides is 3. The molecule has 5 N–H and O–H groups in total. The third-order valence-corrected chi connectivity index (χ3v) is 8.20. The second kappa shape index (κ2) is 15.9. The van der Waals surface area contributed by atoms with Crippen molar-refractivity contribution in [1.82, 2.24) is 25.1 Å². The minimum absolute atomic E-state index is 0.0515. The van der Waals surface area contributed by atoms with E-state index in [-0.39, 0.29) is 23.7 Å². The van der Waals surface area contributed by atoms with E-state index in [0.717, 1.165) is 5.56 Å². The average molecular weight is 662 g/mol. The summed E-state index contributed by atoms with van der Waals surface area (Å²) in [5.74, 6) is -1.19. The van der Waals surface area contributed by atoms with E-state index in [9.17, 15) is 23.1 Å². The van der Waals surface area contributed by atoms with Crippen molar-refractivity contribution in [3.05, 3.63) is 77.7 Å². The van der Waals surface area contributed by atoms with E-state index in [2.05, 4.69) is 31.0 Å². The lowest BCUT2D eigenvalue weighted by Gasteiger charge is -2.17. The first kappa shape index (κ1) is 34.7. The number of nitrogens with one attached hydrogen (secondary N) is 3. The standard InChI is InChI=1S/C30H35F3N7O5P/c1-4-44-46(45-5-2)18-19-6-9-22(10-7-19)37-29-35-14-25(30(31,32)33)27(39-29)38-26-11-8-20(12-24(26)28(43)34-3)21-13-36-40(15-21)16-23(42)17-41/h6-15,23,41-42H,4-5,16-18H2,1-3H3,(H,34,43)(H2,35,37,38,39). The number of anilines is 4. The maximum atomic E-state index is 14.0. The molecular weight excluding hydrogens is 626 g/mol. The van der Waals surface area contributed by atoms with E-state index in [0.29, 0.717) is 42.4 Å². The van der Waals surface area contributed by atoms with Crippen LogP contribution in [0.15, 0.2) is 61.1 Å². The summed E-state index contributed by atoms with van der Waals surface area (Å²) < 4.78 is 54.8. The van der Waals surface area contributed by atoms with Gasteiger partial charge in [0.1, 0.15) is 11.4 Å². The molecule has 1 unspecified atom stereocenters. The Morgan fingerprint density at radius 3 is 2.39 bits per heavy atom. The summed E-state index contributed by atoms with van der Waals surface area (Å²) in [6.07, 6.45) is -1.41. The van der Waals surface area contributed by atoms with Crippen molar-refractivity contribution in [2.75, 3.05) is 37.5 Å². The largest absolute Gasteiger partial charge is 0.421 e. The Bertz CT molecular complexity index is 1600. The lowest BCUT2D eigenvalue weighted by molar-refractivity contribution is -0.137. The van der Waals surface area contributed by atoms with E-state index in [1.54, 1.807) is 24.4 Å². The lowest BCUT2D eigenvalue weighted by atomic mass is 10.0. The Kier molecular flexibility index (Phi) is 12.0. The van der Waals surface area contributed by atoms with Crippen LogP contribution >= 0.6 is 8.38 Å². The Morgan fingerprint density at radius 2 is 1.76 bits per heavy atom. The zero-order valence-electron chi connectivity index (χ0n) is 25.4. The lowest BCUT2D eigenvalue weighted by Crippen LogP contribution is -2.20. The van der Waals surface area contributed by atoms with Crippen LogP contribution in [0.3, 0.4) is 0 Å². The number of halogens is 3. The van der Waals surface area contributed by atoms with Crippen LogP contribution in [0.5, 0.6) is 0 Å². The van der Waals surface area contributed by atoms with Gasteiger partial charge in [-0.1, -0.05) is 18.2 Å². The number of hydrogen-bond acceptors (Lipinski definition) is 10. The van der Waals surface area contributed by atoms with Gasteiger partial charge < -0.3 is 35.2 Å². The summed E-state index contributed by atoms with van der Waals surface area (Å²) in [5.41, 5.74) is 1.66. The van der Waals surface area contributed by atoms with E-state index in [1.165, 1.54) is 30.1 Å². The first-order chi connectivity index (χ1) is 22.0. The average Bonchev–Trinajstić information content (AvgIpc) is 3.50. The molecule has 0 bridgehead atoms. The van der Waals surface area contributed by atoms with Gasteiger partial charge in [0.05, 0.1) is 49.9 Å². The van der Waals surface area contributed by atoms with Gasteiger partial charge in [0.25, 0.3) is 5.91 Å². The topological polar surface area (TPSA) is 156 Å². The SMILES string of the molecule is CCOP(Cc1ccc(Nc2ncc(C(F)(F)F)c(Nc3ccc(-c4cnn(CC(O)CO)c4)cc3C(=O)NC)n2)cc1)OCC. The molecule has 12 nitrogen and oxygen atoms in total. The Morgan fingerprint density at radius 1 is 1.04 bits per heavy atom. The molecular formula is C30H35F3N7O5P. The molecule has 0 aliphatic carbocycles. The molecule has 16 heteroatoms. The number of rotatable bonds is 15. The van der Waals surface area contributed by atoms with Crippen LogP contribution in [-0.2, 0) is 27.9 Å². The summed E-state index contributed by atoms with van der Waals surface area (Å²) in [6, 6.07) is 11.8. The number of benzene rings is 2. The van der Waals surface area contributed by atoms with Crippen molar-refractivity contribution in [3.63, 3.8) is 0 Å². The quantitative estimate of drug-likeness (QED) is 0.104. The highest BCUT2D eigenvalue weighted by Gasteiger charge is 2.35. The highest BCUT2D eigenvalue weighted by atomic mass is 31.2. The number of nitrogens with zero attached hydrogens (tertiary/aromatic N) is 4. The fourth-order valence-corrected chi connectivity index (χ4v) is 5.64. The first-order valence-corrected chi connectivity index (χ1v) is 15.7. The van der Waals surface area contributed by atoms with E-state index >= 15 is 0 Å². The van der Waals surface area contributed by atoms with Gasteiger partial charge in [-0.25, -0.2) is 4.98 Å². The molecule has 0 fully saturated rings. The van der Waals surface area contributed by atoms with Crippen LogP contribution in [-0.4, -0.2) is 68.8 Å². The van der Waals surface area contributed by atoms with Gasteiger partial charge in [-0.15, -0.1) is 0 Å². The molecule has 46 heavy (non-hydrogen) atoms. The van der Waals surface area contributed by atoms with Crippen LogP contribution in [0.25, 0.3) is 11.1 Å². The molecule has 0 aliphatic rings. The number of amides is 1. The zero-order valence-corrected chi connectivity index (χ0v) is 26.3. The minimum atomic E-state index is -4.79. The molecule has 0 saturated carbocycles. The van der Waals surface area contributed by atoms with Crippen molar-refractivity contribution in [1.29, 1.82) is 0 Å². The van der Waals surface area contributed by atoms with Crippen molar-refractivity contribution in [2.45, 2.75) is 38.8 Å². The van der Waals surface area contributed by atoms with E-state index in [1.807, 2.05) is 26.0 Å². The summed E-state index contributed by atoms with van der Waals surface area (Å²) >= 11 is 0. The maximum absolute atomic E-state index is 14.0. The van der Waals surface area contributed by atoms with Crippen molar-refractivity contribution >= 4 is 37.4 Å². The van der Waals surface area contributed by atoms with Crippen LogP contribution in [0, 0.1) is 0 Å². The molecule has 0 radical (unpaired) electrons. The summed E-state index contributed by atoms with van der Waals surface area (Å²) in [4.78, 5) is 20.8. The second-order valence-corrected chi connectivity index (χ2v) is 11.4. The normalized spacial score (nSPS) is 12.3. The fraction of sp³-hybridized carbons (Fsp3) is 0.333. The van der Waals surface area contributed by atoms with Gasteiger partial charge in [0, 0.05) is 36.9 Å². The highest BCUT2D eigenvalue weighted by molar-refractivity contribution is 7.46. The third kappa shape index (κ3) is 9.21. The third-order valence-electron chi connectivity index (χ3n) is 6.48. The molecule has 1 atom stereocenters. The molecule has 1 amide bonds. The number of carbonyl (C=O) groups excluding carboxylic acids is 1. The molecule has 246 valence electrons. The van der Waals surface area contributed by atoms with Crippen molar-refractivity contribution in [2.24, 2.45) is 0 Å². The molecule has 2 aromatic heterocycles. The van der Waals surface area contributed by atoms with Gasteiger partial charge in [0.2, 0.25) is 5.95 Å². The van der Waals surface area contributed by atoms with Gasteiger partial charge in [0.15, 0.2) is 8.38 Å². The highest BCUT2D eigenvalue weighted by Crippen LogP contribution is 2.42. The number of hydrogen-bond donors (Lipinski definition) is 5. The summed E-state index contributed by atoms with van der Waals surface area (Å²) in [5, 5.41) is 31.0. The predicted octanol–water partition coefficient (Wildman–Crippen LogP) is 5.44. The fourth-order valence-electron chi connectivity index (χ4n) is 4.30. The van der Waals surface area contributed by atoms with Gasteiger partial charge in [-0.2, -0.15) is 23.3 Å². The van der Waals surface area contributed by atoms with Crippen LogP contribution < -0.4 is 16.0 Å². The molecule has 0 saturated heterocycles. The molecule has 4 rings (SSSR count). The van der Waals surface area contributed by atoms with Crippen molar-refractivity contribution in [3.8, 4) is 11.1 Å². The molecule has 0 spiro atoms. The summed E-state index contributed by atoms with van der Waals surface area (Å²) in [7, 11) is 0.328. The second-order valence-electron chi connectivity index (χ2n) is 9.85. The first-order valence-electron chi connectivity index (χ1n) is 14.3. The Balaban J connectivity index is 1.60. The van der Waals surface area contributed by atoms with Crippen LogP contribution in [0.1, 0.15) is 35.3 Å². The molecule has 0 aliphatic heterocycles. The number of aliphatic hydroxyl groups is 2. The predicted molar refractivity (Wildman–Crippen MR) is 168 cm³/mol. The number of aromatic nitrogens is 4. The number of carbonyl (C=O) groups is 1. The van der Waals surface area contributed by atoms with E-state index in [4.69, 9.17) is 14.2 Å². The van der Waals surface area contributed by atoms with Gasteiger partial charge >= 0.3 is 6.18 Å². The molecule has 4 aromatic rings. The minimum Gasteiger partial charge on any atom is -0.394 e. The van der Waals surface area contributed by atoms with Gasteiger partial charge in [-0.05, 0) is 49.2 Å². The molecule has 2 aromatic carbocycles. The zero-order chi connectivity index (χ0) is 33.3. The monoisotopic (exact) mass is 661 g/mol. The van der Waals surface area contributed by atoms with Gasteiger partial charge in [-0.3, -0.25) is 9.48 Å². The van der Waals surface area contributed by atoms with E-state index < -0.39 is 44.6 Å². The Labute approximate surface area is 264 Å². The van der Waals surface area contributed by atoms with Crippen molar-refractivity contribution < 1.29 is 37.2 Å². The van der Waals surface area contributed by atoms with Crippen LogP contribution in [0.4, 0.5) is 36.3 Å². The van der Waals surface area contributed by atoms with Crippen LogP contribution in [0.2, 0.25) is 0 Å². The smallest absolute Gasteiger partial charge is 0.394 e. The number of aliphatic hydroxyl groups excluding tert-OH is 2. The maximum Gasteiger partial charge on any atom is 0.421 e.